The Balaban J connectivity index is 0.00000261. The third-order valence-corrected chi connectivity index (χ3v) is 4.20. The molecule has 3 rings (SSSR count). The zero-order valence-corrected chi connectivity index (χ0v) is 18.2. The van der Waals surface area contributed by atoms with E-state index in [0.717, 1.165) is 55.3 Å². The summed E-state index contributed by atoms with van der Waals surface area (Å²) >= 11 is 5.79. The van der Waals surface area contributed by atoms with E-state index in [4.69, 9.17) is 11.6 Å². The Labute approximate surface area is 180 Å². The van der Waals surface area contributed by atoms with Crippen LogP contribution < -0.4 is 10.6 Å². The second kappa shape index (κ2) is 11.0. The molecule has 3 aromatic rings. The summed E-state index contributed by atoms with van der Waals surface area (Å²) in [6.07, 6.45) is 6.44. The van der Waals surface area contributed by atoms with E-state index in [9.17, 15) is 0 Å². The number of nitrogens with one attached hydrogen (secondary N) is 2. The van der Waals surface area contributed by atoms with Crippen LogP contribution in [0, 0.1) is 0 Å². The lowest BCUT2D eigenvalue weighted by Crippen LogP contribution is -2.38. The quantitative estimate of drug-likeness (QED) is 0.172. The number of guanidine groups is 1. The van der Waals surface area contributed by atoms with Crippen LogP contribution in [-0.2, 0) is 12.8 Å². The molecule has 0 amide bonds. The number of rotatable bonds is 7. The summed E-state index contributed by atoms with van der Waals surface area (Å²) in [5.41, 5.74) is 2.01. The Hall–Kier alpha value is -1.94. The van der Waals surface area contributed by atoms with Gasteiger partial charge in [-0.2, -0.15) is 0 Å². The molecular weight excluding hydrogens is 477 g/mol. The van der Waals surface area contributed by atoms with Crippen LogP contribution in [0.15, 0.2) is 47.7 Å². The third kappa shape index (κ3) is 6.31. The van der Waals surface area contributed by atoms with Crippen LogP contribution in [0.3, 0.4) is 0 Å². The van der Waals surface area contributed by atoms with Gasteiger partial charge in [0.25, 0.3) is 0 Å². The van der Waals surface area contributed by atoms with E-state index in [0.29, 0.717) is 5.15 Å². The summed E-state index contributed by atoms with van der Waals surface area (Å²) in [7, 11) is 1.77. The Bertz CT molecular complexity index is 864. The van der Waals surface area contributed by atoms with E-state index in [1.807, 2.05) is 34.9 Å². The average molecular weight is 500 g/mol. The molecule has 0 spiro atoms. The monoisotopic (exact) mass is 499 g/mol. The van der Waals surface area contributed by atoms with Gasteiger partial charge in [0.15, 0.2) is 11.6 Å². The molecule has 27 heavy (non-hydrogen) atoms. The van der Waals surface area contributed by atoms with Crippen LogP contribution in [0.1, 0.15) is 17.8 Å². The molecule has 0 saturated carbocycles. The molecule has 0 atom stereocenters. The fourth-order valence-electron chi connectivity index (χ4n) is 2.61. The summed E-state index contributed by atoms with van der Waals surface area (Å²) < 4.78 is 2.02. The molecule has 0 aromatic carbocycles. The fourth-order valence-corrected chi connectivity index (χ4v) is 2.73. The minimum absolute atomic E-state index is 0. The number of aliphatic imine (C=N–C) groups is 1. The highest BCUT2D eigenvalue weighted by Gasteiger charge is 2.04. The van der Waals surface area contributed by atoms with Crippen molar-refractivity contribution in [2.24, 2.45) is 4.99 Å². The first-order valence-electron chi connectivity index (χ1n) is 8.60. The molecule has 0 bridgehead atoms. The van der Waals surface area contributed by atoms with E-state index < -0.39 is 0 Å². The van der Waals surface area contributed by atoms with E-state index in [1.54, 1.807) is 19.3 Å². The molecule has 0 aliphatic carbocycles. The standard InChI is InChI=1S/C18H22ClN7.HI/c1-20-18(22-11-9-14-7-8-15(19)23-13-14)21-10-4-6-17-25-24-16-5-2-3-12-26(16)17;/h2-3,5,7-8,12-13H,4,6,9-11H2,1H3,(H2,20,21,22);1H. The van der Waals surface area contributed by atoms with Gasteiger partial charge in [-0.25, -0.2) is 4.98 Å². The number of pyridine rings is 2. The van der Waals surface area contributed by atoms with Crippen molar-refractivity contribution in [2.45, 2.75) is 19.3 Å². The highest BCUT2D eigenvalue weighted by molar-refractivity contribution is 14.0. The van der Waals surface area contributed by atoms with Gasteiger partial charge in [0.1, 0.15) is 11.0 Å². The predicted octanol–water partition coefficient (Wildman–Crippen LogP) is 2.74. The van der Waals surface area contributed by atoms with E-state index in [2.05, 4.69) is 30.8 Å². The molecule has 9 heteroatoms. The normalized spacial score (nSPS) is 11.3. The molecular formula is C18H23ClIN7. The summed E-state index contributed by atoms with van der Waals surface area (Å²) in [5, 5.41) is 15.5. The van der Waals surface area contributed by atoms with Crippen molar-refractivity contribution in [3.63, 3.8) is 0 Å². The van der Waals surface area contributed by atoms with Crippen molar-refractivity contribution in [2.75, 3.05) is 20.1 Å². The molecule has 0 saturated heterocycles. The maximum absolute atomic E-state index is 5.79. The molecule has 7 nitrogen and oxygen atoms in total. The van der Waals surface area contributed by atoms with Gasteiger partial charge in [-0.15, -0.1) is 34.2 Å². The van der Waals surface area contributed by atoms with Crippen LogP contribution in [0.25, 0.3) is 5.65 Å². The van der Waals surface area contributed by atoms with Crippen molar-refractivity contribution >= 4 is 47.2 Å². The summed E-state index contributed by atoms with van der Waals surface area (Å²) in [6.45, 7) is 1.59. The number of aryl methyl sites for hydroxylation is 1. The second-order valence-electron chi connectivity index (χ2n) is 5.81. The van der Waals surface area contributed by atoms with E-state index in [1.165, 1.54) is 0 Å². The predicted molar refractivity (Wildman–Crippen MR) is 119 cm³/mol. The van der Waals surface area contributed by atoms with Gasteiger partial charge >= 0.3 is 0 Å². The molecule has 0 unspecified atom stereocenters. The highest BCUT2D eigenvalue weighted by atomic mass is 127. The third-order valence-electron chi connectivity index (χ3n) is 3.97. The lowest BCUT2D eigenvalue weighted by Gasteiger charge is -2.11. The number of fused-ring (bicyclic) bond motifs is 1. The van der Waals surface area contributed by atoms with E-state index >= 15 is 0 Å². The Kier molecular flexibility index (Phi) is 8.73. The van der Waals surface area contributed by atoms with Gasteiger partial charge in [0.2, 0.25) is 0 Å². The van der Waals surface area contributed by atoms with Crippen molar-refractivity contribution < 1.29 is 0 Å². The number of hydrogen-bond acceptors (Lipinski definition) is 4. The lowest BCUT2D eigenvalue weighted by atomic mass is 10.2. The van der Waals surface area contributed by atoms with Gasteiger partial charge in [0, 0.05) is 39.0 Å². The first kappa shape index (κ1) is 21.4. The van der Waals surface area contributed by atoms with Gasteiger partial charge in [-0.1, -0.05) is 23.7 Å². The molecule has 0 aliphatic rings. The zero-order valence-electron chi connectivity index (χ0n) is 15.1. The van der Waals surface area contributed by atoms with Crippen LogP contribution in [-0.4, -0.2) is 45.7 Å². The van der Waals surface area contributed by atoms with Crippen molar-refractivity contribution in [1.29, 1.82) is 0 Å². The molecule has 144 valence electrons. The second-order valence-corrected chi connectivity index (χ2v) is 6.20. The van der Waals surface area contributed by atoms with Crippen LogP contribution >= 0.6 is 35.6 Å². The molecule has 0 aliphatic heterocycles. The Morgan fingerprint density at radius 3 is 2.74 bits per heavy atom. The van der Waals surface area contributed by atoms with E-state index in [-0.39, 0.29) is 24.0 Å². The number of aromatic nitrogens is 4. The highest BCUT2D eigenvalue weighted by Crippen LogP contribution is 2.06. The van der Waals surface area contributed by atoms with Gasteiger partial charge < -0.3 is 10.6 Å². The Morgan fingerprint density at radius 1 is 1.11 bits per heavy atom. The van der Waals surface area contributed by atoms with Crippen LogP contribution in [0.5, 0.6) is 0 Å². The van der Waals surface area contributed by atoms with Crippen molar-refractivity contribution in [3.05, 3.63) is 59.3 Å². The molecule has 2 N–H and O–H groups in total. The number of hydrogen-bond donors (Lipinski definition) is 2. The largest absolute Gasteiger partial charge is 0.356 e. The lowest BCUT2D eigenvalue weighted by molar-refractivity contribution is 0.712. The molecule has 0 radical (unpaired) electrons. The van der Waals surface area contributed by atoms with Crippen molar-refractivity contribution in [3.8, 4) is 0 Å². The molecule has 3 aromatic heterocycles. The van der Waals surface area contributed by atoms with Crippen LogP contribution in [0.2, 0.25) is 5.15 Å². The smallest absolute Gasteiger partial charge is 0.190 e. The minimum Gasteiger partial charge on any atom is -0.356 e. The van der Waals surface area contributed by atoms with Gasteiger partial charge in [-0.3, -0.25) is 9.39 Å². The average Bonchev–Trinajstić information content (AvgIpc) is 3.08. The summed E-state index contributed by atoms with van der Waals surface area (Å²) in [4.78, 5) is 8.32. The van der Waals surface area contributed by atoms with Gasteiger partial charge in [0.05, 0.1) is 0 Å². The topological polar surface area (TPSA) is 79.5 Å². The Morgan fingerprint density at radius 2 is 1.96 bits per heavy atom. The van der Waals surface area contributed by atoms with Crippen molar-refractivity contribution in [1.82, 2.24) is 30.2 Å². The SMILES string of the molecule is CN=C(NCCCc1nnc2ccccn12)NCCc1ccc(Cl)nc1.I. The number of halogens is 2. The number of nitrogens with zero attached hydrogens (tertiary/aromatic N) is 5. The zero-order chi connectivity index (χ0) is 18.2. The molecule has 0 fully saturated rings. The first-order valence-corrected chi connectivity index (χ1v) is 8.97. The minimum atomic E-state index is 0. The summed E-state index contributed by atoms with van der Waals surface area (Å²) in [6, 6.07) is 9.69. The maximum atomic E-state index is 5.79. The summed E-state index contributed by atoms with van der Waals surface area (Å²) in [5.74, 6) is 1.76. The first-order chi connectivity index (χ1) is 12.8. The maximum Gasteiger partial charge on any atom is 0.190 e. The molecule has 3 heterocycles. The fraction of sp³-hybridized carbons (Fsp3) is 0.333. The van der Waals surface area contributed by atoms with Gasteiger partial charge in [-0.05, 0) is 36.6 Å². The van der Waals surface area contributed by atoms with Crippen LogP contribution in [0.4, 0.5) is 0 Å².